The van der Waals surface area contributed by atoms with Gasteiger partial charge in [-0.05, 0) is 147 Å². The topological polar surface area (TPSA) is 176 Å². The molecule has 324 valence electrons. The quantitative estimate of drug-likeness (QED) is 0.0265. The van der Waals surface area contributed by atoms with Crippen LogP contribution in [0.5, 0.6) is 34.5 Å². The molecule has 0 heterocycles. The average molecular weight is 857 g/mol. The van der Waals surface area contributed by atoms with Crippen LogP contribution in [0.4, 0.5) is 0 Å². The van der Waals surface area contributed by atoms with E-state index in [4.69, 9.17) is 37.9 Å². The molecule has 0 aliphatic carbocycles. The van der Waals surface area contributed by atoms with E-state index in [0.717, 1.165) is 6.08 Å². The Morgan fingerprint density at radius 1 is 0.460 bits per heavy atom. The summed E-state index contributed by atoms with van der Waals surface area (Å²) in [7, 11) is 0. The van der Waals surface area contributed by atoms with Crippen LogP contribution in [-0.4, -0.2) is 68.7 Å². The zero-order chi connectivity index (χ0) is 45.0. The standard InChI is InChI=1S/C49H44O14/c1-4-38(50)26-29-56-30-31-58-40-18-10-35(11-19-40)47(53)60-41-20-12-36(13-21-41)48(54)62-43-24-25-44(33(3)32-43)63-49(55)37-14-22-42(23-15-37)61-46(52)34-8-16-39(17-9-34)57-27-6-7-28-59-45(51)5-2/h4-5,8-25,32H,1-2,6-7,26-31H2,3H3. The third-order valence-electron chi connectivity index (χ3n) is 8.78. The van der Waals surface area contributed by atoms with Crippen LogP contribution in [0.2, 0.25) is 0 Å². The van der Waals surface area contributed by atoms with Crippen molar-refractivity contribution < 1.29 is 66.7 Å². The molecule has 0 aromatic heterocycles. The SMILES string of the molecule is C=CC(=O)CCOCCOc1ccc(C(=O)Oc2ccc(C(=O)Oc3ccc(OC(=O)c4ccc(OC(=O)c5ccc(OCCCCOC(=O)C=C)cc5)cc4)c(C)c3)cc2)cc1. The largest absolute Gasteiger partial charge is 0.494 e. The van der Waals surface area contributed by atoms with Gasteiger partial charge >= 0.3 is 29.8 Å². The molecule has 0 aliphatic heterocycles. The number of ether oxygens (including phenoxy) is 8. The Hall–Kier alpha value is -7.84. The first-order valence-corrected chi connectivity index (χ1v) is 19.7. The molecule has 0 amide bonds. The summed E-state index contributed by atoms with van der Waals surface area (Å²) in [5, 5.41) is 0. The van der Waals surface area contributed by atoms with E-state index in [9.17, 15) is 28.8 Å². The lowest BCUT2D eigenvalue weighted by atomic mass is 10.2. The molecule has 0 saturated heterocycles. The third-order valence-corrected chi connectivity index (χ3v) is 8.78. The number of unbranched alkanes of at least 4 members (excludes halogenated alkanes) is 1. The summed E-state index contributed by atoms with van der Waals surface area (Å²) < 4.78 is 43.5. The van der Waals surface area contributed by atoms with Crippen molar-refractivity contribution in [3.63, 3.8) is 0 Å². The van der Waals surface area contributed by atoms with Crippen LogP contribution < -0.4 is 28.4 Å². The lowest BCUT2D eigenvalue weighted by Crippen LogP contribution is -2.12. The monoisotopic (exact) mass is 856 g/mol. The number of hydrogen-bond donors (Lipinski definition) is 0. The van der Waals surface area contributed by atoms with Crippen LogP contribution in [0.3, 0.4) is 0 Å². The van der Waals surface area contributed by atoms with Gasteiger partial charge in [0.25, 0.3) is 0 Å². The Bertz CT molecular complexity index is 2380. The van der Waals surface area contributed by atoms with Crippen LogP contribution in [-0.2, 0) is 19.1 Å². The molecule has 5 aromatic rings. The number of benzene rings is 5. The summed E-state index contributed by atoms with van der Waals surface area (Å²) in [6.07, 6.45) is 3.93. The second-order valence-electron chi connectivity index (χ2n) is 13.4. The summed E-state index contributed by atoms with van der Waals surface area (Å²) in [6.45, 7) is 9.96. The molecule has 5 rings (SSSR count). The molecule has 0 radical (unpaired) electrons. The van der Waals surface area contributed by atoms with E-state index in [1.165, 1.54) is 66.7 Å². The Kier molecular flexibility index (Phi) is 17.5. The highest BCUT2D eigenvalue weighted by Crippen LogP contribution is 2.26. The van der Waals surface area contributed by atoms with Gasteiger partial charge in [0.1, 0.15) is 41.1 Å². The fraction of sp³-hybridized carbons (Fsp3) is 0.184. The number of hydrogen-bond acceptors (Lipinski definition) is 14. The van der Waals surface area contributed by atoms with Gasteiger partial charge in [-0.25, -0.2) is 24.0 Å². The summed E-state index contributed by atoms with van der Waals surface area (Å²) in [4.78, 5) is 73.5. The molecule has 14 nitrogen and oxygen atoms in total. The molecule has 0 fully saturated rings. The van der Waals surface area contributed by atoms with Crippen molar-refractivity contribution in [2.45, 2.75) is 26.2 Å². The predicted octanol–water partition coefficient (Wildman–Crippen LogP) is 8.30. The van der Waals surface area contributed by atoms with Gasteiger partial charge in [-0.1, -0.05) is 13.2 Å². The normalized spacial score (nSPS) is 10.4. The molecule has 0 atom stereocenters. The zero-order valence-electron chi connectivity index (χ0n) is 34.4. The molecular weight excluding hydrogens is 813 g/mol. The lowest BCUT2D eigenvalue weighted by molar-refractivity contribution is -0.137. The van der Waals surface area contributed by atoms with Gasteiger partial charge in [0.15, 0.2) is 5.78 Å². The number of carbonyl (C=O) groups is 6. The highest BCUT2D eigenvalue weighted by molar-refractivity contribution is 5.94. The molecule has 0 unspecified atom stereocenters. The van der Waals surface area contributed by atoms with Crippen molar-refractivity contribution >= 4 is 35.6 Å². The third kappa shape index (κ3) is 15.0. The molecule has 14 heteroatoms. The Balaban J connectivity index is 1.03. The molecule has 0 aliphatic rings. The van der Waals surface area contributed by atoms with Crippen LogP contribution in [0.25, 0.3) is 0 Å². The number of ketones is 1. The smallest absolute Gasteiger partial charge is 0.343 e. The number of esters is 5. The van der Waals surface area contributed by atoms with E-state index in [0.29, 0.717) is 48.7 Å². The second kappa shape index (κ2) is 23.8. The molecular formula is C49H44O14. The second-order valence-corrected chi connectivity index (χ2v) is 13.4. The minimum atomic E-state index is -0.663. The van der Waals surface area contributed by atoms with Crippen molar-refractivity contribution in [2.24, 2.45) is 0 Å². The maximum Gasteiger partial charge on any atom is 0.343 e. The zero-order valence-corrected chi connectivity index (χ0v) is 34.4. The van der Waals surface area contributed by atoms with Gasteiger partial charge in [-0.15, -0.1) is 0 Å². The van der Waals surface area contributed by atoms with Crippen molar-refractivity contribution in [1.29, 1.82) is 0 Å². The highest BCUT2D eigenvalue weighted by atomic mass is 16.6. The van der Waals surface area contributed by atoms with Gasteiger partial charge in [-0.2, -0.15) is 0 Å². The maximum absolute atomic E-state index is 12.9. The lowest BCUT2D eigenvalue weighted by Gasteiger charge is -2.11. The number of rotatable bonds is 23. The first-order chi connectivity index (χ1) is 30.5. The van der Waals surface area contributed by atoms with Gasteiger partial charge < -0.3 is 37.9 Å². The van der Waals surface area contributed by atoms with Gasteiger partial charge in [0.2, 0.25) is 0 Å². The Labute approximate surface area is 363 Å². The van der Waals surface area contributed by atoms with Gasteiger partial charge in [-0.3, -0.25) is 4.79 Å². The van der Waals surface area contributed by atoms with E-state index in [-0.39, 0.29) is 71.7 Å². The molecule has 63 heavy (non-hydrogen) atoms. The summed E-state index contributed by atoms with van der Waals surface area (Å²) in [6, 6.07) is 29.0. The van der Waals surface area contributed by atoms with Crippen LogP contribution in [0.1, 0.15) is 66.3 Å². The van der Waals surface area contributed by atoms with Gasteiger partial charge in [0.05, 0.1) is 48.7 Å². The molecule has 0 bridgehead atoms. The molecule has 5 aromatic carbocycles. The van der Waals surface area contributed by atoms with Crippen molar-refractivity contribution in [2.75, 3.05) is 33.0 Å². The number of carbonyl (C=O) groups excluding carboxylic acids is 6. The number of aryl methyl sites for hydroxylation is 1. The van der Waals surface area contributed by atoms with E-state index in [1.54, 1.807) is 61.5 Å². The van der Waals surface area contributed by atoms with Crippen LogP contribution >= 0.6 is 0 Å². The fourth-order valence-corrected chi connectivity index (χ4v) is 5.37. The average Bonchev–Trinajstić information content (AvgIpc) is 3.30. The Morgan fingerprint density at radius 2 is 0.889 bits per heavy atom. The number of allylic oxidation sites excluding steroid dienone is 1. The van der Waals surface area contributed by atoms with Crippen molar-refractivity contribution in [3.8, 4) is 34.5 Å². The highest BCUT2D eigenvalue weighted by Gasteiger charge is 2.16. The van der Waals surface area contributed by atoms with E-state index < -0.39 is 29.8 Å². The van der Waals surface area contributed by atoms with Crippen LogP contribution in [0.15, 0.2) is 141 Å². The van der Waals surface area contributed by atoms with Gasteiger partial charge in [0, 0.05) is 12.5 Å². The minimum absolute atomic E-state index is 0.0913. The Morgan fingerprint density at radius 3 is 1.37 bits per heavy atom. The van der Waals surface area contributed by atoms with E-state index in [2.05, 4.69) is 13.2 Å². The maximum atomic E-state index is 12.9. The molecule has 0 saturated carbocycles. The van der Waals surface area contributed by atoms with Crippen molar-refractivity contribution in [3.05, 3.63) is 168 Å². The minimum Gasteiger partial charge on any atom is -0.494 e. The summed E-state index contributed by atoms with van der Waals surface area (Å²) in [5.74, 6) is -1.11. The summed E-state index contributed by atoms with van der Waals surface area (Å²) >= 11 is 0. The predicted molar refractivity (Wildman–Crippen MR) is 229 cm³/mol. The van der Waals surface area contributed by atoms with Crippen LogP contribution in [0, 0.1) is 6.92 Å². The molecule has 0 spiro atoms. The summed E-state index contributed by atoms with van der Waals surface area (Å²) in [5.41, 5.74) is 1.51. The first-order valence-electron chi connectivity index (χ1n) is 19.7. The van der Waals surface area contributed by atoms with E-state index in [1.807, 2.05) is 0 Å². The van der Waals surface area contributed by atoms with E-state index >= 15 is 0 Å². The molecule has 0 N–H and O–H groups in total. The van der Waals surface area contributed by atoms with Crippen molar-refractivity contribution in [1.82, 2.24) is 0 Å². The first kappa shape index (κ1) is 46.2. The fourth-order valence-electron chi connectivity index (χ4n) is 5.37.